The molecule has 0 atom stereocenters. The van der Waals surface area contributed by atoms with Crippen molar-refractivity contribution in [1.82, 2.24) is 14.8 Å². The molecule has 138 valence electrons. The van der Waals surface area contributed by atoms with Crippen LogP contribution in [0.25, 0.3) is 0 Å². The predicted octanol–water partition coefficient (Wildman–Crippen LogP) is 2.38. The minimum absolute atomic E-state index is 0.106. The number of pyridine rings is 1. The Morgan fingerprint density at radius 1 is 1.23 bits per heavy atom. The van der Waals surface area contributed by atoms with Gasteiger partial charge < -0.3 is 15.6 Å². The van der Waals surface area contributed by atoms with E-state index in [1.807, 2.05) is 43.7 Å². The van der Waals surface area contributed by atoms with Gasteiger partial charge in [-0.3, -0.25) is 14.5 Å². The van der Waals surface area contributed by atoms with E-state index in [1.54, 1.807) is 19.2 Å². The fourth-order valence-corrected chi connectivity index (χ4v) is 3.37. The Morgan fingerprint density at radius 3 is 2.38 bits per heavy atom. The number of carbonyl (C=O) groups excluding carboxylic acids is 2. The summed E-state index contributed by atoms with van der Waals surface area (Å²) in [7, 11) is 3.58. The van der Waals surface area contributed by atoms with Crippen molar-refractivity contribution in [1.29, 1.82) is 0 Å². The number of amides is 2. The van der Waals surface area contributed by atoms with Crippen LogP contribution in [-0.2, 0) is 13.2 Å². The number of primary amides is 1. The van der Waals surface area contributed by atoms with Crippen molar-refractivity contribution < 1.29 is 9.59 Å². The van der Waals surface area contributed by atoms with Crippen LogP contribution in [0.15, 0.2) is 30.3 Å². The Balaban J connectivity index is 2.19. The number of rotatable bonds is 6. The fourth-order valence-electron chi connectivity index (χ4n) is 2.91. The number of hydrogen-bond acceptors (Lipinski definition) is 4. The molecule has 2 rings (SSSR count). The number of aryl methyl sites for hydroxylation is 2. The van der Waals surface area contributed by atoms with E-state index in [0.29, 0.717) is 29.0 Å². The van der Waals surface area contributed by atoms with Gasteiger partial charge in [0, 0.05) is 24.8 Å². The summed E-state index contributed by atoms with van der Waals surface area (Å²) in [6.07, 6.45) is 0. The summed E-state index contributed by atoms with van der Waals surface area (Å²) in [4.78, 5) is 25.4. The van der Waals surface area contributed by atoms with Gasteiger partial charge in [-0.25, -0.2) is 0 Å². The number of hydrogen-bond donors (Lipinski definition) is 2. The molecule has 0 spiro atoms. The van der Waals surface area contributed by atoms with Crippen LogP contribution in [-0.4, -0.2) is 35.4 Å². The second-order valence-electron chi connectivity index (χ2n) is 6.37. The minimum Gasteiger partial charge on any atom is -0.365 e. The Bertz CT molecular complexity index is 888. The Labute approximate surface area is 158 Å². The summed E-state index contributed by atoms with van der Waals surface area (Å²) in [5.41, 5.74) is 9.34. The van der Waals surface area contributed by atoms with Gasteiger partial charge in [0.2, 0.25) is 0 Å². The molecule has 1 aromatic heterocycles. The molecule has 0 saturated heterocycles. The number of nitrogens with one attached hydrogen (secondary N) is 1. The number of nitrogens with two attached hydrogens (primary N) is 1. The molecular weight excluding hydrogens is 348 g/mol. The molecule has 2 aromatic rings. The third kappa shape index (κ3) is 4.36. The molecule has 0 radical (unpaired) electrons. The second-order valence-corrected chi connectivity index (χ2v) is 6.76. The number of nitrogens with zero attached hydrogens (tertiary/aromatic N) is 2. The monoisotopic (exact) mass is 372 g/mol. The van der Waals surface area contributed by atoms with Crippen LogP contribution in [0.4, 0.5) is 0 Å². The maximum absolute atomic E-state index is 11.7. The highest BCUT2D eigenvalue weighted by Gasteiger charge is 2.13. The summed E-state index contributed by atoms with van der Waals surface area (Å²) in [5.74, 6) is -0.612. The van der Waals surface area contributed by atoms with Crippen LogP contribution in [0.1, 0.15) is 37.5 Å². The summed E-state index contributed by atoms with van der Waals surface area (Å²) < 4.78 is 2.36. The van der Waals surface area contributed by atoms with Crippen molar-refractivity contribution in [2.75, 3.05) is 14.1 Å². The molecule has 0 aliphatic heterocycles. The zero-order valence-electron chi connectivity index (χ0n) is 15.5. The molecule has 6 nitrogen and oxygen atoms in total. The highest BCUT2D eigenvalue weighted by molar-refractivity contribution is 7.71. The molecule has 0 fully saturated rings. The lowest BCUT2D eigenvalue weighted by atomic mass is 10.1. The molecule has 7 heteroatoms. The van der Waals surface area contributed by atoms with Crippen molar-refractivity contribution in [3.8, 4) is 0 Å². The van der Waals surface area contributed by atoms with Crippen molar-refractivity contribution in [2.24, 2.45) is 5.73 Å². The molecule has 1 heterocycles. The van der Waals surface area contributed by atoms with Crippen LogP contribution >= 0.6 is 12.2 Å². The molecule has 0 saturated carbocycles. The van der Waals surface area contributed by atoms with Crippen LogP contribution in [0, 0.1) is 18.5 Å². The first-order valence-corrected chi connectivity index (χ1v) is 8.65. The highest BCUT2D eigenvalue weighted by Crippen LogP contribution is 2.15. The molecule has 0 aliphatic rings. The summed E-state index contributed by atoms with van der Waals surface area (Å²) in [6.45, 7) is 5.00. The zero-order valence-corrected chi connectivity index (χ0v) is 16.3. The van der Waals surface area contributed by atoms with Crippen LogP contribution in [0.5, 0.6) is 0 Å². The van der Waals surface area contributed by atoms with Crippen LogP contribution in [0.2, 0.25) is 0 Å². The van der Waals surface area contributed by atoms with Crippen molar-refractivity contribution in [3.05, 3.63) is 62.9 Å². The topological polar surface area (TPSA) is 80.4 Å². The molecule has 1 aromatic carbocycles. The van der Waals surface area contributed by atoms with Gasteiger partial charge in [0.05, 0.1) is 12.2 Å². The lowest BCUT2D eigenvalue weighted by Gasteiger charge is -2.22. The summed E-state index contributed by atoms with van der Waals surface area (Å²) in [5, 5.41) is 2.60. The number of aromatic nitrogens is 1. The van der Waals surface area contributed by atoms with Crippen molar-refractivity contribution in [3.63, 3.8) is 0 Å². The van der Waals surface area contributed by atoms with E-state index in [2.05, 4.69) is 10.2 Å². The molecule has 26 heavy (non-hydrogen) atoms. The Morgan fingerprint density at radius 2 is 1.85 bits per heavy atom. The van der Waals surface area contributed by atoms with E-state index >= 15 is 0 Å². The molecular formula is C19H24N4O2S. The standard InChI is InChI=1S/C19H24N4O2S/c1-12-9-13(2)23(19(26)16(12)17(20)24)11-22(4)10-14-5-7-15(8-6-14)18(25)21-3/h5-9H,10-11H2,1-4H3,(H2,20,24)(H,21,25). The fraction of sp³-hybridized carbons (Fsp3) is 0.316. The lowest BCUT2D eigenvalue weighted by molar-refractivity contribution is 0.0961. The van der Waals surface area contributed by atoms with Gasteiger partial charge in [-0.1, -0.05) is 24.4 Å². The van der Waals surface area contributed by atoms with Gasteiger partial charge >= 0.3 is 0 Å². The first kappa shape index (κ1) is 19.8. The average molecular weight is 372 g/mol. The molecule has 0 unspecified atom stereocenters. The summed E-state index contributed by atoms with van der Waals surface area (Å²) >= 11 is 5.48. The van der Waals surface area contributed by atoms with Gasteiger partial charge in [0.1, 0.15) is 4.64 Å². The largest absolute Gasteiger partial charge is 0.365 e. The first-order chi connectivity index (χ1) is 12.2. The molecule has 0 bridgehead atoms. The van der Waals surface area contributed by atoms with E-state index in [4.69, 9.17) is 18.0 Å². The van der Waals surface area contributed by atoms with E-state index < -0.39 is 5.91 Å². The molecule has 0 aliphatic carbocycles. The van der Waals surface area contributed by atoms with Gasteiger partial charge in [-0.15, -0.1) is 0 Å². The SMILES string of the molecule is CNC(=O)c1ccc(CN(C)Cn2c(C)cc(C)c(C(N)=O)c2=S)cc1. The van der Waals surface area contributed by atoms with Crippen molar-refractivity contribution >= 4 is 24.0 Å². The van der Waals surface area contributed by atoms with Crippen molar-refractivity contribution in [2.45, 2.75) is 27.1 Å². The van der Waals surface area contributed by atoms with E-state index in [0.717, 1.165) is 16.8 Å². The van der Waals surface area contributed by atoms with Gasteiger partial charge in [0.25, 0.3) is 11.8 Å². The quantitative estimate of drug-likeness (QED) is 0.763. The van der Waals surface area contributed by atoms with Gasteiger partial charge in [0.15, 0.2) is 0 Å². The third-order valence-corrected chi connectivity index (χ3v) is 4.65. The molecule has 3 N–H and O–H groups in total. The average Bonchev–Trinajstić information content (AvgIpc) is 2.58. The highest BCUT2D eigenvalue weighted by atomic mass is 32.1. The lowest BCUT2D eigenvalue weighted by Crippen LogP contribution is -2.26. The maximum Gasteiger partial charge on any atom is 0.251 e. The van der Waals surface area contributed by atoms with E-state index in [1.165, 1.54) is 0 Å². The minimum atomic E-state index is -0.506. The zero-order chi connectivity index (χ0) is 19.4. The summed E-state index contributed by atoms with van der Waals surface area (Å²) in [6, 6.07) is 9.38. The maximum atomic E-state index is 11.7. The molecule has 2 amide bonds. The van der Waals surface area contributed by atoms with Gasteiger partial charge in [-0.2, -0.15) is 0 Å². The number of benzene rings is 1. The number of carbonyl (C=O) groups is 2. The Hall–Kier alpha value is -2.51. The normalized spacial score (nSPS) is 10.8. The van der Waals surface area contributed by atoms with Crippen LogP contribution < -0.4 is 11.1 Å². The predicted molar refractivity (Wildman–Crippen MR) is 105 cm³/mol. The van der Waals surface area contributed by atoms with Gasteiger partial charge in [-0.05, 0) is 50.2 Å². The first-order valence-electron chi connectivity index (χ1n) is 8.25. The Kier molecular flexibility index (Phi) is 6.28. The third-order valence-electron chi connectivity index (χ3n) is 4.23. The van der Waals surface area contributed by atoms with E-state index in [-0.39, 0.29) is 5.91 Å². The van der Waals surface area contributed by atoms with E-state index in [9.17, 15) is 9.59 Å². The second kappa shape index (κ2) is 8.25. The smallest absolute Gasteiger partial charge is 0.251 e. The van der Waals surface area contributed by atoms with Crippen LogP contribution in [0.3, 0.4) is 0 Å².